The summed E-state index contributed by atoms with van der Waals surface area (Å²) in [6.45, 7) is 1.79. The maximum Gasteiger partial charge on any atom is 0.307 e. The second-order valence-electron chi connectivity index (χ2n) is 3.12. The minimum atomic E-state index is -0.938. The van der Waals surface area contributed by atoms with Crippen LogP contribution >= 0.6 is 0 Å². The van der Waals surface area contributed by atoms with Gasteiger partial charge in [-0.15, -0.1) is 0 Å². The maximum atomic E-state index is 10.7. The number of aryl methyl sites for hydroxylation is 1. The first-order chi connectivity index (χ1) is 7.10. The highest BCUT2D eigenvalue weighted by Gasteiger charge is 2.14. The average molecular weight is 205 g/mol. The fourth-order valence-corrected chi connectivity index (χ4v) is 1.42. The Labute approximate surface area is 87.7 Å². The molecule has 0 radical (unpaired) electrons. The largest absolute Gasteiger partial charge is 0.495 e. The van der Waals surface area contributed by atoms with Crippen LogP contribution in [0.3, 0.4) is 0 Å². The first kappa shape index (κ1) is 11.1. The Bertz CT molecular complexity index is 432. The average Bonchev–Trinajstić information content (AvgIpc) is 2.20. The fraction of sp³-hybridized carbons (Fsp3) is 0.273. The second kappa shape index (κ2) is 4.47. The molecule has 0 amide bonds. The molecule has 0 saturated carbocycles. The molecule has 0 spiro atoms. The lowest BCUT2D eigenvalue weighted by molar-refractivity contribution is -0.136. The van der Waals surface area contributed by atoms with Crippen LogP contribution in [0, 0.1) is 18.3 Å². The zero-order chi connectivity index (χ0) is 11.4. The quantitative estimate of drug-likeness (QED) is 0.811. The van der Waals surface area contributed by atoms with E-state index in [0.717, 1.165) is 5.56 Å². The molecular formula is C11H11NO3. The Morgan fingerprint density at radius 1 is 1.60 bits per heavy atom. The summed E-state index contributed by atoms with van der Waals surface area (Å²) < 4.78 is 5.06. The SMILES string of the molecule is COc1c(C#N)ccc(C)c1CC(=O)O. The van der Waals surface area contributed by atoms with E-state index in [1.807, 2.05) is 6.07 Å². The normalized spacial score (nSPS) is 9.40. The molecule has 0 bridgehead atoms. The summed E-state index contributed by atoms with van der Waals surface area (Å²) in [6.07, 6.45) is -0.134. The molecule has 0 atom stereocenters. The van der Waals surface area contributed by atoms with Crippen molar-refractivity contribution in [2.24, 2.45) is 0 Å². The Morgan fingerprint density at radius 3 is 2.73 bits per heavy atom. The highest BCUT2D eigenvalue weighted by molar-refractivity contribution is 5.73. The molecule has 78 valence electrons. The second-order valence-corrected chi connectivity index (χ2v) is 3.12. The molecule has 15 heavy (non-hydrogen) atoms. The molecule has 0 fully saturated rings. The summed E-state index contributed by atoms with van der Waals surface area (Å²) in [5.41, 5.74) is 1.73. The number of carbonyl (C=O) groups is 1. The molecular weight excluding hydrogens is 194 g/mol. The number of nitriles is 1. The third-order valence-corrected chi connectivity index (χ3v) is 2.15. The van der Waals surface area contributed by atoms with Crippen LogP contribution in [0.1, 0.15) is 16.7 Å². The number of nitrogens with zero attached hydrogens (tertiary/aromatic N) is 1. The smallest absolute Gasteiger partial charge is 0.307 e. The van der Waals surface area contributed by atoms with Crippen LogP contribution in [0.15, 0.2) is 12.1 Å². The van der Waals surface area contributed by atoms with Crippen molar-refractivity contribution in [3.63, 3.8) is 0 Å². The third kappa shape index (κ3) is 2.26. The summed E-state index contributed by atoms with van der Waals surface area (Å²) in [7, 11) is 1.43. The first-order valence-electron chi connectivity index (χ1n) is 4.38. The van der Waals surface area contributed by atoms with Crippen LogP contribution in [0.2, 0.25) is 0 Å². The Kier molecular flexibility index (Phi) is 3.29. The minimum absolute atomic E-state index is 0.134. The predicted molar refractivity (Wildman–Crippen MR) is 53.8 cm³/mol. The van der Waals surface area contributed by atoms with Gasteiger partial charge in [0.15, 0.2) is 0 Å². The van der Waals surface area contributed by atoms with Gasteiger partial charge in [-0.2, -0.15) is 5.26 Å². The van der Waals surface area contributed by atoms with E-state index >= 15 is 0 Å². The van der Waals surface area contributed by atoms with Crippen LogP contribution in [0.4, 0.5) is 0 Å². The molecule has 0 unspecified atom stereocenters. The lowest BCUT2D eigenvalue weighted by Crippen LogP contribution is -2.05. The van der Waals surface area contributed by atoms with Gasteiger partial charge in [0.05, 0.1) is 19.1 Å². The zero-order valence-electron chi connectivity index (χ0n) is 8.57. The molecule has 0 aliphatic heterocycles. The van der Waals surface area contributed by atoms with Gasteiger partial charge in [0.25, 0.3) is 0 Å². The molecule has 1 aromatic carbocycles. The number of hydrogen-bond acceptors (Lipinski definition) is 3. The van der Waals surface area contributed by atoms with Crippen molar-refractivity contribution >= 4 is 5.97 Å². The monoisotopic (exact) mass is 205 g/mol. The van der Waals surface area contributed by atoms with E-state index in [-0.39, 0.29) is 6.42 Å². The van der Waals surface area contributed by atoms with Crippen molar-refractivity contribution in [3.8, 4) is 11.8 Å². The van der Waals surface area contributed by atoms with Gasteiger partial charge in [0.2, 0.25) is 0 Å². The Morgan fingerprint density at radius 2 is 2.27 bits per heavy atom. The van der Waals surface area contributed by atoms with Gasteiger partial charge in [-0.05, 0) is 18.6 Å². The van der Waals surface area contributed by atoms with Gasteiger partial charge in [0.1, 0.15) is 11.8 Å². The third-order valence-electron chi connectivity index (χ3n) is 2.15. The lowest BCUT2D eigenvalue weighted by Gasteiger charge is -2.11. The first-order valence-corrected chi connectivity index (χ1v) is 4.38. The van der Waals surface area contributed by atoms with Crippen molar-refractivity contribution in [1.82, 2.24) is 0 Å². The summed E-state index contributed by atoms with van der Waals surface area (Å²) in [4.78, 5) is 10.7. The van der Waals surface area contributed by atoms with Crippen LogP contribution < -0.4 is 4.74 Å². The van der Waals surface area contributed by atoms with Crippen LogP contribution in [0.25, 0.3) is 0 Å². The van der Waals surface area contributed by atoms with E-state index in [1.54, 1.807) is 19.1 Å². The standard InChI is InChI=1S/C11H11NO3/c1-7-3-4-8(6-12)11(15-2)9(7)5-10(13)14/h3-4H,5H2,1-2H3,(H,13,14). The number of ether oxygens (including phenoxy) is 1. The van der Waals surface area contributed by atoms with Crippen molar-refractivity contribution in [2.45, 2.75) is 13.3 Å². The highest BCUT2D eigenvalue weighted by atomic mass is 16.5. The molecule has 0 aliphatic rings. The minimum Gasteiger partial charge on any atom is -0.495 e. The van der Waals surface area contributed by atoms with Gasteiger partial charge in [0, 0.05) is 5.56 Å². The van der Waals surface area contributed by atoms with E-state index in [1.165, 1.54) is 7.11 Å². The molecule has 1 rings (SSSR count). The molecule has 0 saturated heterocycles. The van der Waals surface area contributed by atoms with E-state index < -0.39 is 5.97 Å². The predicted octanol–water partition coefficient (Wildman–Crippen LogP) is 1.50. The number of hydrogen-bond donors (Lipinski definition) is 1. The molecule has 0 aromatic heterocycles. The summed E-state index contributed by atoms with van der Waals surface area (Å²) in [6, 6.07) is 5.32. The van der Waals surface area contributed by atoms with Crippen LogP contribution in [-0.2, 0) is 11.2 Å². The number of rotatable bonds is 3. The van der Waals surface area contributed by atoms with Crippen molar-refractivity contribution in [2.75, 3.05) is 7.11 Å². The van der Waals surface area contributed by atoms with E-state index in [9.17, 15) is 4.79 Å². The fourth-order valence-electron chi connectivity index (χ4n) is 1.42. The number of aliphatic carboxylic acids is 1. The van der Waals surface area contributed by atoms with Gasteiger partial charge >= 0.3 is 5.97 Å². The number of methoxy groups -OCH3 is 1. The van der Waals surface area contributed by atoms with Gasteiger partial charge < -0.3 is 9.84 Å². The van der Waals surface area contributed by atoms with Crippen LogP contribution in [-0.4, -0.2) is 18.2 Å². The molecule has 1 N–H and O–H groups in total. The van der Waals surface area contributed by atoms with Crippen molar-refractivity contribution in [1.29, 1.82) is 5.26 Å². The molecule has 1 aromatic rings. The summed E-state index contributed by atoms with van der Waals surface area (Å²) in [5, 5.41) is 17.6. The van der Waals surface area contributed by atoms with Gasteiger partial charge in [-0.25, -0.2) is 0 Å². The Hall–Kier alpha value is -2.02. The Balaban J connectivity index is 3.33. The van der Waals surface area contributed by atoms with Gasteiger partial charge in [-0.3, -0.25) is 4.79 Å². The van der Waals surface area contributed by atoms with E-state index in [0.29, 0.717) is 16.9 Å². The van der Waals surface area contributed by atoms with Gasteiger partial charge in [-0.1, -0.05) is 6.07 Å². The van der Waals surface area contributed by atoms with Crippen molar-refractivity contribution < 1.29 is 14.6 Å². The number of carboxylic acid groups (broad SMARTS) is 1. The molecule has 0 aliphatic carbocycles. The molecule has 4 nitrogen and oxygen atoms in total. The highest BCUT2D eigenvalue weighted by Crippen LogP contribution is 2.26. The van der Waals surface area contributed by atoms with E-state index in [4.69, 9.17) is 15.1 Å². The van der Waals surface area contributed by atoms with Crippen molar-refractivity contribution in [3.05, 3.63) is 28.8 Å². The number of benzene rings is 1. The van der Waals surface area contributed by atoms with E-state index in [2.05, 4.69) is 0 Å². The molecule has 0 heterocycles. The maximum absolute atomic E-state index is 10.7. The number of carboxylic acids is 1. The topological polar surface area (TPSA) is 70.3 Å². The summed E-state index contributed by atoms with van der Waals surface area (Å²) >= 11 is 0. The molecule has 4 heteroatoms. The van der Waals surface area contributed by atoms with Crippen LogP contribution in [0.5, 0.6) is 5.75 Å². The summed E-state index contributed by atoms with van der Waals surface area (Å²) in [5.74, 6) is -0.577. The lowest BCUT2D eigenvalue weighted by atomic mass is 10.0. The zero-order valence-corrected chi connectivity index (χ0v) is 8.57.